The van der Waals surface area contributed by atoms with Crippen molar-refractivity contribution in [3.63, 3.8) is 0 Å². The number of benzene rings is 1. The second-order valence-electron chi connectivity index (χ2n) is 5.89. The van der Waals surface area contributed by atoms with Gasteiger partial charge in [0, 0.05) is 48.7 Å². The van der Waals surface area contributed by atoms with Gasteiger partial charge in [-0.2, -0.15) is 0 Å². The average molecular weight is 364 g/mol. The van der Waals surface area contributed by atoms with Crippen LogP contribution in [0.4, 0.5) is 0 Å². The van der Waals surface area contributed by atoms with Gasteiger partial charge in [0.2, 0.25) is 0 Å². The molecule has 5 heteroatoms. The van der Waals surface area contributed by atoms with Crippen LogP contribution in [0.25, 0.3) is 0 Å². The van der Waals surface area contributed by atoms with Crippen molar-refractivity contribution < 1.29 is 5.11 Å². The highest BCUT2D eigenvalue weighted by Crippen LogP contribution is 2.38. The number of aliphatic hydroxyl groups excluding tert-OH is 1. The highest BCUT2D eigenvalue weighted by atomic mass is 79.9. The first-order chi connectivity index (χ1) is 9.04. The Labute approximate surface area is 136 Å². The maximum absolute atomic E-state index is 9.77. The first-order valence-corrected chi connectivity index (χ1v) is 7.65. The Balaban J connectivity index is 0.00000200. The summed E-state index contributed by atoms with van der Waals surface area (Å²) < 4.78 is 1.10. The third-order valence-electron chi connectivity index (χ3n) is 3.83. The summed E-state index contributed by atoms with van der Waals surface area (Å²) in [7, 11) is 0. The van der Waals surface area contributed by atoms with Crippen LogP contribution in [0.2, 0.25) is 0 Å². The molecule has 1 heterocycles. The Morgan fingerprint density at radius 3 is 2.55 bits per heavy atom. The van der Waals surface area contributed by atoms with Crippen molar-refractivity contribution in [3.8, 4) is 0 Å². The number of hydrogen-bond donors (Lipinski definition) is 2. The maximum atomic E-state index is 9.77. The lowest BCUT2D eigenvalue weighted by Gasteiger charge is -2.43. The molecule has 0 radical (unpaired) electrons. The predicted octanol–water partition coefficient (Wildman–Crippen LogP) is 2.84. The van der Waals surface area contributed by atoms with Crippen LogP contribution >= 0.6 is 28.3 Å². The molecule has 1 aromatic rings. The second kappa shape index (κ2) is 7.76. The van der Waals surface area contributed by atoms with E-state index in [-0.39, 0.29) is 30.5 Å². The molecule has 0 unspecified atom stereocenters. The van der Waals surface area contributed by atoms with E-state index in [4.69, 9.17) is 0 Å². The zero-order valence-corrected chi connectivity index (χ0v) is 14.5. The van der Waals surface area contributed by atoms with Gasteiger partial charge in [-0.15, -0.1) is 12.4 Å². The number of nitrogens with zero attached hydrogens (tertiary/aromatic N) is 1. The van der Waals surface area contributed by atoms with Crippen LogP contribution in [-0.4, -0.2) is 42.8 Å². The molecule has 3 nitrogen and oxygen atoms in total. The second-order valence-corrected chi connectivity index (χ2v) is 6.81. The van der Waals surface area contributed by atoms with Gasteiger partial charge in [-0.25, -0.2) is 0 Å². The highest BCUT2D eigenvalue weighted by Gasteiger charge is 2.35. The van der Waals surface area contributed by atoms with Crippen LogP contribution in [0.5, 0.6) is 0 Å². The van der Waals surface area contributed by atoms with Gasteiger partial charge in [-0.3, -0.25) is 4.90 Å². The standard InChI is InChI=1S/C15H23BrN2O.ClH/c1-15(2,11-19)14(18-8-6-17-7-9-18)12-4-3-5-13(16)10-12;/h3-5,10,14,17,19H,6-9,11H2,1-2H3;1H/t14-;/m0./s1. The predicted molar refractivity (Wildman–Crippen MR) is 89.4 cm³/mol. The number of halogens is 2. The molecule has 0 spiro atoms. The van der Waals surface area contributed by atoms with Crippen LogP contribution in [0.3, 0.4) is 0 Å². The minimum atomic E-state index is -0.155. The Morgan fingerprint density at radius 2 is 2.00 bits per heavy atom. The topological polar surface area (TPSA) is 35.5 Å². The average Bonchev–Trinajstić information content (AvgIpc) is 2.40. The fourth-order valence-corrected chi connectivity index (χ4v) is 3.28. The Morgan fingerprint density at radius 1 is 1.35 bits per heavy atom. The summed E-state index contributed by atoms with van der Waals surface area (Å²) in [4.78, 5) is 2.48. The van der Waals surface area contributed by atoms with Crippen molar-refractivity contribution in [2.75, 3.05) is 32.8 Å². The molecule has 0 bridgehead atoms. The third kappa shape index (κ3) is 4.18. The van der Waals surface area contributed by atoms with E-state index in [9.17, 15) is 5.11 Å². The number of aliphatic hydroxyl groups is 1. The molecular weight excluding hydrogens is 340 g/mol. The van der Waals surface area contributed by atoms with Gasteiger partial charge in [0.25, 0.3) is 0 Å². The monoisotopic (exact) mass is 362 g/mol. The molecule has 0 amide bonds. The van der Waals surface area contributed by atoms with Crippen molar-refractivity contribution in [2.24, 2.45) is 5.41 Å². The molecule has 1 fully saturated rings. The van der Waals surface area contributed by atoms with Gasteiger partial charge < -0.3 is 10.4 Å². The number of nitrogens with one attached hydrogen (secondary N) is 1. The number of rotatable bonds is 4. The van der Waals surface area contributed by atoms with E-state index in [0.717, 1.165) is 30.7 Å². The third-order valence-corrected chi connectivity index (χ3v) is 4.32. The first-order valence-electron chi connectivity index (χ1n) is 6.86. The molecule has 20 heavy (non-hydrogen) atoms. The summed E-state index contributed by atoms with van der Waals surface area (Å²) in [5.74, 6) is 0. The van der Waals surface area contributed by atoms with Crippen LogP contribution in [-0.2, 0) is 0 Å². The van der Waals surface area contributed by atoms with Crippen LogP contribution in [0.1, 0.15) is 25.5 Å². The highest BCUT2D eigenvalue weighted by molar-refractivity contribution is 9.10. The molecule has 2 rings (SSSR count). The molecule has 0 saturated carbocycles. The molecule has 1 aliphatic rings. The molecule has 1 saturated heterocycles. The molecule has 0 aliphatic carbocycles. The van der Waals surface area contributed by atoms with Crippen molar-refractivity contribution in [2.45, 2.75) is 19.9 Å². The van der Waals surface area contributed by atoms with Gasteiger partial charge in [0.1, 0.15) is 0 Å². The summed E-state index contributed by atoms with van der Waals surface area (Å²) in [5, 5.41) is 13.2. The largest absolute Gasteiger partial charge is 0.396 e. The van der Waals surface area contributed by atoms with Gasteiger partial charge in [-0.1, -0.05) is 41.9 Å². The van der Waals surface area contributed by atoms with E-state index in [1.807, 2.05) is 6.07 Å². The van der Waals surface area contributed by atoms with Crippen LogP contribution in [0, 0.1) is 5.41 Å². The lowest BCUT2D eigenvalue weighted by molar-refractivity contribution is 0.0305. The van der Waals surface area contributed by atoms with Crippen molar-refractivity contribution >= 4 is 28.3 Å². The lowest BCUT2D eigenvalue weighted by Crippen LogP contribution is -2.49. The lowest BCUT2D eigenvalue weighted by atomic mass is 9.80. The van der Waals surface area contributed by atoms with Gasteiger partial charge >= 0.3 is 0 Å². The van der Waals surface area contributed by atoms with Crippen molar-refractivity contribution in [1.82, 2.24) is 10.2 Å². The number of hydrogen-bond acceptors (Lipinski definition) is 3. The summed E-state index contributed by atoms with van der Waals surface area (Å²) in [6, 6.07) is 8.70. The molecular formula is C15H24BrClN2O. The fourth-order valence-electron chi connectivity index (χ4n) is 2.86. The molecule has 1 aromatic carbocycles. The van der Waals surface area contributed by atoms with Gasteiger partial charge in [0.05, 0.1) is 0 Å². The minimum Gasteiger partial charge on any atom is -0.396 e. The van der Waals surface area contributed by atoms with Gasteiger partial charge in [0.15, 0.2) is 0 Å². The zero-order valence-electron chi connectivity index (χ0n) is 12.1. The Kier molecular flexibility index (Phi) is 6.95. The van der Waals surface area contributed by atoms with E-state index in [1.165, 1.54) is 5.56 Å². The van der Waals surface area contributed by atoms with Crippen LogP contribution < -0.4 is 5.32 Å². The number of piperazine rings is 1. The Hall–Kier alpha value is -0.130. The molecule has 1 atom stereocenters. The molecule has 114 valence electrons. The quantitative estimate of drug-likeness (QED) is 0.863. The fraction of sp³-hybridized carbons (Fsp3) is 0.600. The normalized spacial score (nSPS) is 18.4. The van der Waals surface area contributed by atoms with Crippen molar-refractivity contribution in [1.29, 1.82) is 0 Å². The maximum Gasteiger partial charge on any atom is 0.0500 e. The Bertz CT molecular complexity index is 422. The molecule has 1 aliphatic heterocycles. The van der Waals surface area contributed by atoms with Crippen LogP contribution in [0.15, 0.2) is 28.7 Å². The summed E-state index contributed by atoms with van der Waals surface area (Å²) in [5.41, 5.74) is 1.12. The summed E-state index contributed by atoms with van der Waals surface area (Å²) in [6.45, 7) is 8.56. The SMILES string of the molecule is CC(C)(CO)[C@H](c1cccc(Br)c1)N1CCNCC1.Cl. The smallest absolute Gasteiger partial charge is 0.0500 e. The first kappa shape index (κ1) is 17.9. The molecule has 0 aromatic heterocycles. The van der Waals surface area contributed by atoms with E-state index in [2.05, 4.69) is 58.2 Å². The van der Waals surface area contributed by atoms with Gasteiger partial charge in [-0.05, 0) is 17.7 Å². The van der Waals surface area contributed by atoms with E-state index < -0.39 is 0 Å². The zero-order chi connectivity index (χ0) is 13.9. The van der Waals surface area contributed by atoms with E-state index in [0.29, 0.717) is 0 Å². The summed E-state index contributed by atoms with van der Waals surface area (Å²) in [6.07, 6.45) is 0. The minimum absolute atomic E-state index is 0. The van der Waals surface area contributed by atoms with E-state index in [1.54, 1.807) is 0 Å². The summed E-state index contributed by atoms with van der Waals surface area (Å²) >= 11 is 3.55. The van der Waals surface area contributed by atoms with Crippen molar-refractivity contribution in [3.05, 3.63) is 34.3 Å². The van der Waals surface area contributed by atoms with E-state index >= 15 is 0 Å². The molecule has 2 N–H and O–H groups in total.